The Labute approximate surface area is 84.6 Å². The summed E-state index contributed by atoms with van der Waals surface area (Å²) in [4.78, 5) is 10.7. The monoisotopic (exact) mass is 192 g/mol. The molecule has 0 aliphatic rings. The molecule has 0 radical (unpaired) electrons. The predicted molar refractivity (Wildman–Crippen MR) is 56.5 cm³/mol. The second-order valence-electron chi connectivity index (χ2n) is 4.32. The lowest BCUT2D eigenvalue weighted by atomic mass is 9.81. The first-order chi connectivity index (χ1) is 6.42. The fraction of sp³-hybridized carbons (Fsp3) is 0.417. The van der Waals surface area contributed by atoms with Crippen molar-refractivity contribution in [2.24, 2.45) is 0 Å². The number of benzene rings is 1. The molecule has 0 saturated carbocycles. The van der Waals surface area contributed by atoms with Gasteiger partial charge in [0, 0.05) is 5.41 Å². The first-order valence-electron chi connectivity index (χ1n) is 4.71. The zero-order valence-corrected chi connectivity index (χ0v) is 8.87. The number of carbonyl (C=O) groups is 1. The van der Waals surface area contributed by atoms with Crippen LogP contribution in [0.2, 0.25) is 0 Å². The Morgan fingerprint density at radius 2 is 2.07 bits per heavy atom. The molecule has 0 fully saturated rings. The van der Waals surface area contributed by atoms with Crippen molar-refractivity contribution in [1.82, 2.24) is 0 Å². The Morgan fingerprint density at radius 3 is 2.57 bits per heavy atom. The van der Waals surface area contributed by atoms with Crippen molar-refractivity contribution in [2.75, 3.05) is 0 Å². The van der Waals surface area contributed by atoms with Crippen LogP contribution in [0.15, 0.2) is 24.3 Å². The highest BCUT2D eigenvalue weighted by Crippen LogP contribution is 2.27. The third kappa shape index (κ3) is 2.59. The molecule has 14 heavy (non-hydrogen) atoms. The molecule has 0 heterocycles. The lowest BCUT2D eigenvalue weighted by Gasteiger charge is -2.23. The van der Waals surface area contributed by atoms with Gasteiger partial charge in [0.25, 0.3) is 0 Å². The van der Waals surface area contributed by atoms with Crippen LogP contribution < -0.4 is 0 Å². The molecule has 0 atom stereocenters. The Morgan fingerprint density at radius 1 is 1.43 bits per heavy atom. The highest BCUT2D eigenvalue weighted by atomic mass is 16.4. The Hall–Kier alpha value is -1.31. The fourth-order valence-corrected chi connectivity index (χ4v) is 1.55. The lowest BCUT2D eigenvalue weighted by Crippen LogP contribution is -2.21. The number of aliphatic carboxylic acids is 1. The largest absolute Gasteiger partial charge is 0.481 e. The van der Waals surface area contributed by atoms with E-state index in [1.54, 1.807) is 0 Å². The van der Waals surface area contributed by atoms with Gasteiger partial charge in [-0.2, -0.15) is 0 Å². The molecule has 1 aromatic carbocycles. The molecule has 1 N–H and O–H groups in total. The van der Waals surface area contributed by atoms with Gasteiger partial charge in [0.2, 0.25) is 0 Å². The van der Waals surface area contributed by atoms with Gasteiger partial charge in [-0.1, -0.05) is 43.7 Å². The summed E-state index contributed by atoms with van der Waals surface area (Å²) < 4.78 is 0. The summed E-state index contributed by atoms with van der Waals surface area (Å²) in [7, 11) is 0. The molecule has 76 valence electrons. The van der Waals surface area contributed by atoms with Gasteiger partial charge in [-0.3, -0.25) is 4.79 Å². The van der Waals surface area contributed by atoms with Crippen LogP contribution in [-0.4, -0.2) is 11.1 Å². The number of rotatable bonds is 3. The number of hydrogen-bond donors (Lipinski definition) is 1. The van der Waals surface area contributed by atoms with Gasteiger partial charge >= 0.3 is 5.97 Å². The summed E-state index contributed by atoms with van der Waals surface area (Å²) in [5.41, 5.74) is 1.96. The van der Waals surface area contributed by atoms with Crippen LogP contribution in [0.3, 0.4) is 0 Å². The first-order valence-corrected chi connectivity index (χ1v) is 4.71. The summed E-state index contributed by atoms with van der Waals surface area (Å²) in [6, 6.07) is 8.01. The lowest BCUT2D eigenvalue weighted by molar-refractivity contribution is -0.138. The molecular formula is C12H16O2. The van der Waals surface area contributed by atoms with Gasteiger partial charge in [-0.15, -0.1) is 0 Å². The normalized spacial score (nSPS) is 11.4. The van der Waals surface area contributed by atoms with Crippen LogP contribution in [0, 0.1) is 6.92 Å². The quantitative estimate of drug-likeness (QED) is 0.799. The number of hydrogen-bond acceptors (Lipinski definition) is 1. The second-order valence-corrected chi connectivity index (χ2v) is 4.32. The average Bonchev–Trinajstić information content (AvgIpc) is 2.01. The molecule has 1 rings (SSSR count). The summed E-state index contributed by atoms with van der Waals surface area (Å²) in [6.45, 7) is 5.92. The summed E-state index contributed by atoms with van der Waals surface area (Å²) in [5, 5.41) is 8.78. The van der Waals surface area contributed by atoms with Crippen LogP contribution >= 0.6 is 0 Å². The molecule has 0 unspecified atom stereocenters. The molecule has 0 aromatic heterocycles. The SMILES string of the molecule is Cc1cccc(C(C)(C)CC(=O)O)c1. The third-order valence-electron chi connectivity index (χ3n) is 2.39. The maximum absolute atomic E-state index is 10.7. The van der Waals surface area contributed by atoms with Gasteiger partial charge in [-0.05, 0) is 12.5 Å². The third-order valence-corrected chi connectivity index (χ3v) is 2.39. The van der Waals surface area contributed by atoms with E-state index in [2.05, 4.69) is 0 Å². The van der Waals surface area contributed by atoms with E-state index in [1.165, 1.54) is 5.56 Å². The van der Waals surface area contributed by atoms with E-state index >= 15 is 0 Å². The molecule has 2 nitrogen and oxygen atoms in total. The zero-order chi connectivity index (χ0) is 10.8. The Kier molecular flexibility index (Phi) is 2.94. The minimum Gasteiger partial charge on any atom is -0.481 e. The Bertz CT molecular complexity index is 340. The summed E-state index contributed by atoms with van der Waals surface area (Å²) >= 11 is 0. The van der Waals surface area contributed by atoms with E-state index in [0.717, 1.165) is 5.56 Å². The number of aryl methyl sites for hydroxylation is 1. The van der Waals surface area contributed by atoms with Crippen LogP contribution in [-0.2, 0) is 10.2 Å². The number of carboxylic acid groups (broad SMARTS) is 1. The minimum atomic E-state index is -0.753. The average molecular weight is 192 g/mol. The zero-order valence-electron chi connectivity index (χ0n) is 8.87. The van der Waals surface area contributed by atoms with Crippen molar-refractivity contribution >= 4 is 5.97 Å². The van der Waals surface area contributed by atoms with E-state index in [4.69, 9.17) is 5.11 Å². The maximum Gasteiger partial charge on any atom is 0.304 e. The smallest absolute Gasteiger partial charge is 0.304 e. The van der Waals surface area contributed by atoms with Crippen LogP contribution in [0.25, 0.3) is 0 Å². The van der Waals surface area contributed by atoms with Gasteiger partial charge in [-0.25, -0.2) is 0 Å². The standard InChI is InChI=1S/C12H16O2/c1-9-5-4-6-10(7-9)12(2,3)8-11(13)14/h4-7H,8H2,1-3H3,(H,13,14). The van der Waals surface area contributed by atoms with Crippen LogP contribution in [0.1, 0.15) is 31.4 Å². The second kappa shape index (κ2) is 3.82. The maximum atomic E-state index is 10.7. The van der Waals surface area contributed by atoms with E-state index in [0.29, 0.717) is 0 Å². The van der Waals surface area contributed by atoms with E-state index in [1.807, 2.05) is 45.0 Å². The van der Waals surface area contributed by atoms with Crippen molar-refractivity contribution in [1.29, 1.82) is 0 Å². The molecular weight excluding hydrogens is 176 g/mol. The van der Waals surface area contributed by atoms with Crippen molar-refractivity contribution in [3.05, 3.63) is 35.4 Å². The molecule has 0 saturated heterocycles. The molecule has 0 spiro atoms. The molecule has 0 aliphatic heterocycles. The van der Waals surface area contributed by atoms with E-state index in [9.17, 15) is 4.79 Å². The highest BCUT2D eigenvalue weighted by molar-refractivity contribution is 5.68. The van der Waals surface area contributed by atoms with Gasteiger partial charge in [0.05, 0.1) is 6.42 Å². The molecule has 0 amide bonds. The highest BCUT2D eigenvalue weighted by Gasteiger charge is 2.23. The fourth-order valence-electron chi connectivity index (χ4n) is 1.55. The van der Waals surface area contributed by atoms with Gasteiger partial charge < -0.3 is 5.11 Å². The van der Waals surface area contributed by atoms with Gasteiger partial charge in [0.1, 0.15) is 0 Å². The van der Waals surface area contributed by atoms with Gasteiger partial charge in [0.15, 0.2) is 0 Å². The first kappa shape index (κ1) is 10.8. The van der Waals surface area contributed by atoms with Crippen LogP contribution in [0.4, 0.5) is 0 Å². The van der Waals surface area contributed by atoms with Crippen LogP contribution in [0.5, 0.6) is 0 Å². The molecule has 2 heteroatoms. The summed E-state index contributed by atoms with van der Waals surface area (Å²) in [5.74, 6) is -0.753. The van der Waals surface area contributed by atoms with E-state index < -0.39 is 5.97 Å². The van der Waals surface area contributed by atoms with Crippen molar-refractivity contribution in [3.8, 4) is 0 Å². The number of carboxylic acids is 1. The summed E-state index contributed by atoms with van der Waals surface area (Å²) in [6.07, 6.45) is 0.163. The topological polar surface area (TPSA) is 37.3 Å². The molecule has 0 bridgehead atoms. The van der Waals surface area contributed by atoms with Crippen molar-refractivity contribution in [3.63, 3.8) is 0 Å². The molecule has 0 aliphatic carbocycles. The Balaban J connectivity index is 2.97. The predicted octanol–water partition coefficient (Wildman–Crippen LogP) is 2.75. The molecule has 1 aromatic rings. The minimum absolute atomic E-state index is 0.163. The van der Waals surface area contributed by atoms with Crippen molar-refractivity contribution in [2.45, 2.75) is 32.6 Å². The van der Waals surface area contributed by atoms with Crippen molar-refractivity contribution < 1.29 is 9.90 Å². The van der Waals surface area contributed by atoms with E-state index in [-0.39, 0.29) is 11.8 Å².